The van der Waals surface area contributed by atoms with E-state index in [2.05, 4.69) is 4.99 Å². The van der Waals surface area contributed by atoms with Gasteiger partial charge in [-0.25, -0.2) is 4.39 Å². The highest BCUT2D eigenvalue weighted by Gasteiger charge is 1.97. The molecule has 0 fully saturated rings. The topological polar surface area (TPSA) is 21.6 Å². The fourth-order valence-electron chi connectivity index (χ4n) is 1.16. The molecule has 0 amide bonds. The molecular formula is C13H16FNO. The van der Waals surface area contributed by atoms with Gasteiger partial charge in [-0.3, -0.25) is 4.99 Å². The Hall–Kier alpha value is -1.64. The molecule has 0 aliphatic rings. The van der Waals surface area contributed by atoms with Crippen LogP contribution in [0.5, 0.6) is 5.75 Å². The van der Waals surface area contributed by atoms with E-state index in [1.165, 1.54) is 12.1 Å². The lowest BCUT2D eigenvalue weighted by atomic mass is 10.3. The first-order chi connectivity index (χ1) is 7.61. The highest BCUT2D eigenvalue weighted by Crippen LogP contribution is 2.12. The Balaban J connectivity index is 2.57. The van der Waals surface area contributed by atoms with Gasteiger partial charge in [0.15, 0.2) is 0 Å². The molecule has 1 aromatic rings. The first-order valence-corrected chi connectivity index (χ1v) is 5.17. The van der Waals surface area contributed by atoms with Crippen molar-refractivity contribution in [2.75, 3.05) is 6.61 Å². The van der Waals surface area contributed by atoms with Gasteiger partial charge in [0.1, 0.15) is 18.2 Å². The Kier molecular flexibility index (Phi) is 4.70. The van der Waals surface area contributed by atoms with Crippen LogP contribution in [0.2, 0.25) is 0 Å². The number of aliphatic imine (C=N–C) groups is 1. The smallest absolute Gasteiger partial charge is 0.130 e. The summed E-state index contributed by atoms with van der Waals surface area (Å²) >= 11 is 0. The Morgan fingerprint density at radius 2 is 1.94 bits per heavy atom. The first-order valence-electron chi connectivity index (χ1n) is 5.17. The van der Waals surface area contributed by atoms with E-state index < -0.39 is 0 Å². The SMILES string of the molecule is C/C=C(/COc1ccc(F)cc1)N=C(C)C. The minimum absolute atomic E-state index is 0.263. The zero-order valence-corrected chi connectivity index (χ0v) is 9.83. The Morgan fingerprint density at radius 1 is 1.31 bits per heavy atom. The number of nitrogens with zero attached hydrogens (tertiary/aromatic N) is 1. The Bertz CT molecular complexity index is 389. The van der Waals surface area contributed by atoms with Gasteiger partial charge in [-0.15, -0.1) is 0 Å². The van der Waals surface area contributed by atoms with Crippen LogP contribution in [0.1, 0.15) is 20.8 Å². The monoisotopic (exact) mass is 221 g/mol. The summed E-state index contributed by atoms with van der Waals surface area (Å²) in [5.74, 6) is 0.380. The van der Waals surface area contributed by atoms with Crippen molar-refractivity contribution in [3.05, 3.63) is 41.9 Å². The van der Waals surface area contributed by atoms with Crippen LogP contribution in [0.15, 0.2) is 41.0 Å². The van der Waals surface area contributed by atoms with Crippen LogP contribution >= 0.6 is 0 Å². The van der Waals surface area contributed by atoms with Crippen molar-refractivity contribution in [2.45, 2.75) is 20.8 Å². The summed E-state index contributed by atoms with van der Waals surface area (Å²) in [5, 5.41) is 0. The summed E-state index contributed by atoms with van der Waals surface area (Å²) in [7, 11) is 0. The molecule has 0 heterocycles. The van der Waals surface area contributed by atoms with Gasteiger partial charge in [0, 0.05) is 5.71 Å². The number of hydrogen-bond donors (Lipinski definition) is 0. The maximum absolute atomic E-state index is 12.6. The maximum atomic E-state index is 12.6. The molecule has 0 aliphatic heterocycles. The van der Waals surface area contributed by atoms with E-state index >= 15 is 0 Å². The molecule has 0 saturated carbocycles. The molecular weight excluding hydrogens is 205 g/mol. The van der Waals surface area contributed by atoms with Gasteiger partial charge in [0.2, 0.25) is 0 Å². The molecule has 0 saturated heterocycles. The van der Waals surface area contributed by atoms with Crippen LogP contribution in [-0.2, 0) is 0 Å². The van der Waals surface area contributed by atoms with E-state index in [1.54, 1.807) is 12.1 Å². The Morgan fingerprint density at radius 3 is 2.44 bits per heavy atom. The third kappa shape index (κ3) is 4.26. The molecule has 2 nitrogen and oxygen atoms in total. The normalized spacial score (nSPS) is 11.1. The average Bonchev–Trinajstić information content (AvgIpc) is 2.26. The number of ether oxygens (including phenoxy) is 1. The van der Waals surface area contributed by atoms with E-state index in [1.807, 2.05) is 26.8 Å². The number of hydrogen-bond acceptors (Lipinski definition) is 2. The van der Waals surface area contributed by atoms with Crippen LogP contribution in [0.3, 0.4) is 0 Å². The summed E-state index contributed by atoms with van der Waals surface area (Å²) < 4.78 is 18.1. The van der Waals surface area contributed by atoms with E-state index in [0.717, 1.165) is 11.4 Å². The summed E-state index contributed by atoms with van der Waals surface area (Å²) in [5.41, 5.74) is 1.85. The molecule has 0 aliphatic carbocycles. The molecule has 0 atom stereocenters. The molecule has 0 radical (unpaired) electrons. The lowest BCUT2D eigenvalue weighted by Gasteiger charge is -2.06. The summed E-state index contributed by atoms with van der Waals surface area (Å²) in [6.45, 7) is 6.17. The van der Waals surface area contributed by atoms with Gasteiger partial charge < -0.3 is 4.74 Å². The maximum Gasteiger partial charge on any atom is 0.130 e. The van der Waals surface area contributed by atoms with E-state index in [0.29, 0.717) is 12.4 Å². The lowest BCUT2D eigenvalue weighted by Crippen LogP contribution is -2.00. The Labute approximate surface area is 95.5 Å². The number of halogens is 1. The molecule has 3 heteroatoms. The van der Waals surface area contributed by atoms with Gasteiger partial charge in [-0.05, 0) is 45.0 Å². The van der Waals surface area contributed by atoms with Crippen LogP contribution in [0.25, 0.3) is 0 Å². The highest BCUT2D eigenvalue weighted by atomic mass is 19.1. The molecule has 0 N–H and O–H groups in total. The minimum Gasteiger partial charge on any atom is -0.487 e. The second-order valence-electron chi connectivity index (χ2n) is 3.58. The van der Waals surface area contributed by atoms with E-state index in [9.17, 15) is 4.39 Å². The van der Waals surface area contributed by atoms with Crippen LogP contribution in [0.4, 0.5) is 4.39 Å². The molecule has 0 spiro atoms. The number of benzene rings is 1. The van der Waals surface area contributed by atoms with Crippen LogP contribution in [-0.4, -0.2) is 12.3 Å². The van der Waals surface area contributed by atoms with Crippen LogP contribution < -0.4 is 4.74 Å². The van der Waals surface area contributed by atoms with Gasteiger partial charge in [-0.1, -0.05) is 6.08 Å². The molecule has 0 bridgehead atoms. The van der Waals surface area contributed by atoms with Gasteiger partial charge >= 0.3 is 0 Å². The lowest BCUT2D eigenvalue weighted by molar-refractivity contribution is 0.350. The molecule has 1 aromatic carbocycles. The summed E-state index contributed by atoms with van der Waals surface area (Å²) in [4.78, 5) is 4.31. The van der Waals surface area contributed by atoms with Crippen molar-refractivity contribution >= 4 is 5.71 Å². The zero-order chi connectivity index (χ0) is 12.0. The minimum atomic E-state index is -0.263. The quantitative estimate of drug-likeness (QED) is 0.712. The fraction of sp³-hybridized carbons (Fsp3) is 0.308. The predicted octanol–water partition coefficient (Wildman–Crippen LogP) is 3.59. The van der Waals surface area contributed by atoms with Crippen molar-refractivity contribution in [1.29, 1.82) is 0 Å². The third-order valence-electron chi connectivity index (χ3n) is 1.90. The van der Waals surface area contributed by atoms with Crippen molar-refractivity contribution < 1.29 is 9.13 Å². The van der Waals surface area contributed by atoms with Crippen molar-refractivity contribution in [3.63, 3.8) is 0 Å². The third-order valence-corrected chi connectivity index (χ3v) is 1.90. The van der Waals surface area contributed by atoms with Gasteiger partial charge in [0.05, 0.1) is 5.70 Å². The van der Waals surface area contributed by atoms with Gasteiger partial charge in [0.25, 0.3) is 0 Å². The number of rotatable bonds is 4. The van der Waals surface area contributed by atoms with Crippen LogP contribution in [0, 0.1) is 5.82 Å². The van der Waals surface area contributed by atoms with Crippen molar-refractivity contribution in [3.8, 4) is 5.75 Å². The predicted molar refractivity (Wildman–Crippen MR) is 64.4 cm³/mol. The molecule has 0 aromatic heterocycles. The van der Waals surface area contributed by atoms with Crippen molar-refractivity contribution in [1.82, 2.24) is 0 Å². The summed E-state index contributed by atoms with van der Waals surface area (Å²) in [6, 6.07) is 5.95. The highest BCUT2D eigenvalue weighted by molar-refractivity contribution is 5.80. The van der Waals surface area contributed by atoms with E-state index in [4.69, 9.17) is 4.74 Å². The largest absolute Gasteiger partial charge is 0.487 e. The van der Waals surface area contributed by atoms with E-state index in [-0.39, 0.29) is 5.82 Å². The van der Waals surface area contributed by atoms with Gasteiger partial charge in [-0.2, -0.15) is 0 Å². The average molecular weight is 221 g/mol. The molecule has 16 heavy (non-hydrogen) atoms. The second kappa shape index (κ2) is 6.05. The first kappa shape index (κ1) is 12.4. The standard InChI is InChI=1S/C13H16FNO/c1-4-12(15-10(2)3)9-16-13-7-5-11(14)6-8-13/h4-8H,9H2,1-3H3/b12-4-. The zero-order valence-electron chi connectivity index (χ0n) is 9.83. The molecule has 0 unspecified atom stereocenters. The van der Waals surface area contributed by atoms with Crippen molar-refractivity contribution in [2.24, 2.45) is 4.99 Å². The summed E-state index contributed by atoms with van der Waals surface area (Å²) in [6.07, 6.45) is 1.90. The second-order valence-corrected chi connectivity index (χ2v) is 3.58. The molecule has 86 valence electrons. The number of allylic oxidation sites excluding steroid dienone is 1. The fourth-order valence-corrected chi connectivity index (χ4v) is 1.16. The molecule has 1 rings (SSSR count).